The van der Waals surface area contributed by atoms with Crippen molar-refractivity contribution in [2.45, 2.75) is 18.9 Å². The Balaban J connectivity index is 1.97. The second kappa shape index (κ2) is 3.95. The molecule has 13 heavy (non-hydrogen) atoms. The predicted octanol–water partition coefficient (Wildman–Crippen LogP) is -0.0289. The SMILES string of the molecule is CN1CC2CCCN(CCN)C2C1. The zero-order chi connectivity index (χ0) is 9.26. The molecule has 2 unspecified atom stereocenters. The molecule has 2 aliphatic rings. The normalized spacial score (nSPS) is 36.5. The van der Waals surface area contributed by atoms with E-state index >= 15 is 0 Å². The zero-order valence-corrected chi connectivity index (χ0v) is 8.58. The third kappa shape index (κ3) is 1.87. The van der Waals surface area contributed by atoms with Gasteiger partial charge in [0.1, 0.15) is 0 Å². The minimum atomic E-state index is 0.808. The van der Waals surface area contributed by atoms with E-state index in [1.54, 1.807) is 0 Å². The molecule has 2 atom stereocenters. The van der Waals surface area contributed by atoms with Crippen molar-refractivity contribution >= 4 is 0 Å². The van der Waals surface area contributed by atoms with E-state index in [-0.39, 0.29) is 0 Å². The van der Waals surface area contributed by atoms with Crippen LogP contribution in [0.2, 0.25) is 0 Å². The lowest BCUT2D eigenvalue weighted by molar-refractivity contribution is 0.128. The van der Waals surface area contributed by atoms with Gasteiger partial charge in [0.2, 0.25) is 0 Å². The fraction of sp³-hybridized carbons (Fsp3) is 1.00. The fourth-order valence-corrected chi connectivity index (χ4v) is 2.93. The summed E-state index contributed by atoms with van der Waals surface area (Å²) in [7, 11) is 2.24. The monoisotopic (exact) mass is 183 g/mol. The number of likely N-dealkylation sites (N-methyl/N-ethyl adjacent to an activating group) is 1. The highest BCUT2D eigenvalue weighted by atomic mass is 15.3. The second-order valence-electron chi connectivity index (χ2n) is 4.52. The van der Waals surface area contributed by atoms with Crippen molar-refractivity contribution in [3.05, 3.63) is 0 Å². The van der Waals surface area contributed by atoms with Crippen molar-refractivity contribution in [3.8, 4) is 0 Å². The molecule has 0 aromatic heterocycles. The largest absolute Gasteiger partial charge is 0.329 e. The summed E-state index contributed by atoms with van der Waals surface area (Å²) in [6.07, 6.45) is 2.80. The second-order valence-corrected chi connectivity index (χ2v) is 4.52. The molecule has 0 spiro atoms. The average Bonchev–Trinajstić information content (AvgIpc) is 2.47. The third-order valence-electron chi connectivity index (χ3n) is 3.49. The molecule has 2 heterocycles. The molecule has 0 aromatic carbocycles. The molecular formula is C10H21N3. The molecule has 2 aliphatic heterocycles. The number of fused-ring (bicyclic) bond motifs is 1. The molecule has 0 saturated carbocycles. The molecular weight excluding hydrogens is 162 g/mol. The van der Waals surface area contributed by atoms with Crippen molar-refractivity contribution in [2.24, 2.45) is 11.7 Å². The Labute approximate surface area is 80.9 Å². The van der Waals surface area contributed by atoms with Gasteiger partial charge in [0.05, 0.1) is 0 Å². The first-order chi connectivity index (χ1) is 6.31. The molecule has 2 fully saturated rings. The fourth-order valence-electron chi connectivity index (χ4n) is 2.93. The summed E-state index contributed by atoms with van der Waals surface area (Å²) in [5.74, 6) is 0.922. The Bertz CT molecular complexity index is 170. The summed E-state index contributed by atoms with van der Waals surface area (Å²) in [4.78, 5) is 5.06. The Morgan fingerprint density at radius 3 is 3.00 bits per heavy atom. The van der Waals surface area contributed by atoms with Gasteiger partial charge in [-0.25, -0.2) is 0 Å². The lowest BCUT2D eigenvalue weighted by Crippen LogP contribution is -2.46. The Kier molecular flexibility index (Phi) is 2.86. The predicted molar refractivity (Wildman–Crippen MR) is 54.6 cm³/mol. The number of hydrogen-bond donors (Lipinski definition) is 1. The first-order valence-electron chi connectivity index (χ1n) is 5.44. The summed E-state index contributed by atoms with van der Waals surface area (Å²) in [6, 6.07) is 0.808. The molecule has 76 valence electrons. The maximum Gasteiger partial charge on any atom is 0.0264 e. The van der Waals surface area contributed by atoms with Crippen LogP contribution in [0.15, 0.2) is 0 Å². The van der Waals surface area contributed by atoms with E-state index in [9.17, 15) is 0 Å². The Morgan fingerprint density at radius 1 is 1.38 bits per heavy atom. The maximum atomic E-state index is 5.62. The van der Waals surface area contributed by atoms with Crippen LogP contribution in [0.4, 0.5) is 0 Å². The summed E-state index contributed by atoms with van der Waals surface area (Å²) in [6.45, 7) is 5.73. The van der Waals surface area contributed by atoms with Crippen LogP contribution in [0.1, 0.15) is 12.8 Å². The first-order valence-corrected chi connectivity index (χ1v) is 5.44. The number of nitrogens with two attached hydrogens (primary N) is 1. The van der Waals surface area contributed by atoms with Crippen molar-refractivity contribution < 1.29 is 0 Å². The molecule has 0 amide bonds. The van der Waals surface area contributed by atoms with Crippen LogP contribution in [0.3, 0.4) is 0 Å². The highest BCUT2D eigenvalue weighted by Crippen LogP contribution is 2.29. The summed E-state index contributed by atoms with van der Waals surface area (Å²) >= 11 is 0. The molecule has 0 aromatic rings. The number of nitrogens with zero attached hydrogens (tertiary/aromatic N) is 2. The summed E-state index contributed by atoms with van der Waals surface area (Å²) < 4.78 is 0. The van der Waals surface area contributed by atoms with E-state index in [1.807, 2.05) is 0 Å². The minimum absolute atomic E-state index is 0.808. The molecule has 0 bridgehead atoms. The zero-order valence-electron chi connectivity index (χ0n) is 8.58. The third-order valence-corrected chi connectivity index (χ3v) is 3.49. The molecule has 0 aliphatic carbocycles. The van der Waals surface area contributed by atoms with Gasteiger partial charge in [0.25, 0.3) is 0 Å². The van der Waals surface area contributed by atoms with Crippen LogP contribution in [0.5, 0.6) is 0 Å². The minimum Gasteiger partial charge on any atom is -0.329 e. The van der Waals surface area contributed by atoms with E-state index in [2.05, 4.69) is 16.8 Å². The van der Waals surface area contributed by atoms with Gasteiger partial charge in [0, 0.05) is 32.2 Å². The smallest absolute Gasteiger partial charge is 0.0264 e. The van der Waals surface area contributed by atoms with Crippen molar-refractivity contribution in [2.75, 3.05) is 39.8 Å². The lowest BCUT2D eigenvalue weighted by Gasteiger charge is -2.36. The van der Waals surface area contributed by atoms with Crippen LogP contribution in [0.25, 0.3) is 0 Å². The highest BCUT2D eigenvalue weighted by molar-refractivity contribution is 4.92. The molecule has 2 saturated heterocycles. The molecule has 2 rings (SSSR count). The van der Waals surface area contributed by atoms with Gasteiger partial charge in [0.15, 0.2) is 0 Å². The van der Waals surface area contributed by atoms with Crippen LogP contribution in [-0.2, 0) is 0 Å². The molecule has 0 radical (unpaired) electrons. The van der Waals surface area contributed by atoms with E-state index in [0.717, 1.165) is 25.0 Å². The van der Waals surface area contributed by atoms with E-state index in [0.29, 0.717) is 0 Å². The van der Waals surface area contributed by atoms with Crippen LogP contribution >= 0.6 is 0 Å². The first kappa shape index (κ1) is 9.44. The number of rotatable bonds is 2. The van der Waals surface area contributed by atoms with Gasteiger partial charge in [-0.2, -0.15) is 0 Å². The van der Waals surface area contributed by atoms with Crippen molar-refractivity contribution in [1.82, 2.24) is 9.80 Å². The number of piperidine rings is 1. The summed E-state index contributed by atoms with van der Waals surface area (Å²) in [5.41, 5.74) is 5.62. The van der Waals surface area contributed by atoms with E-state index in [1.165, 1.54) is 32.5 Å². The molecule has 3 nitrogen and oxygen atoms in total. The van der Waals surface area contributed by atoms with Gasteiger partial charge in [-0.3, -0.25) is 4.90 Å². The van der Waals surface area contributed by atoms with Gasteiger partial charge < -0.3 is 10.6 Å². The van der Waals surface area contributed by atoms with Gasteiger partial charge >= 0.3 is 0 Å². The van der Waals surface area contributed by atoms with Gasteiger partial charge in [-0.15, -0.1) is 0 Å². The topological polar surface area (TPSA) is 32.5 Å². The van der Waals surface area contributed by atoms with Gasteiger partial charge in [-0.05, 0) is 32.4 Å². The standard InChI is InChI=1S/C10H21N3/c1-12-7-9-3-2-5-13(6-4-11)10(9)8-12/h9-10H,2-8,11H2,1H3. The number of likely N-dealkylation sites (tertiary alicyclic amines) is 2. The van der Waals surface area contributed by atoms with Crippen LogP contribution in [0, 0.1) is 5.92 Å². The van der Waals surface area contributed by atoms with Gasteiger partial charge in [-0.1, -0.05) is 0 Å². The Hall–Kier alpha value is -0.120. The van der Waals surface area contributed by atoms with Crippen molar-refractivity contribution in [1.29, 1.82) is 0 Å². The maximum absolute atomic E-state index is 5.62. The quantitative estimate of drug-likeness (QED) is 0.652. The number of hydrogen-bond acceptors (Lipinski definition) is 3. The highest BCUT2D eigenvalue weighted by Gasteiger charge is 2.36. The average molecular weight is 183 g/mol. The van der Waals surface area contributed by atoms with Crippen molar-refractivity contribution in [3.63, 3.8) is 0 Å². The Morgan fingerprint density at radius 2 is 2.23 bits per heavy atom. The molecule has 2 N–H and O–H groups in total. The van der Waals surface area contributed by atoms with E-state index in [4.69, 9.17) is 5.73 Å². The lowest BCUT2D eigenvalue weighted by atomic mass is 9.92. The van der Waals surface area contributed by atoms with Crippen LogP contribution in [-0.4, -0.2) is 55.6 Å². The van der Waals surface area contributed by atoms with Crippen LogP contribution < -0.4 is 5.73 Å². The van der Waals surface area contributed by atoms with E-state index < -0.39 is 0 Å². The summed E-state index contributed by atoms with van der Waals surface area (Å²) in [5, 5.41) is 0. The molecule has 3 heteroatoms.